The maximum atomic E-state index is 12.8. The number of carbonyl (C=O) groups is 3. The zero-order valence-corrected chi connectivity index (χ0v) is 16.9. The number of hydrogen-bond donors (Lipinski definition) is 3. The standard InChI is InChI=1S/C22H26N2O6/c1-15(25)19(21(27)29-2)24-20(26)18(13-16-9-5-3-6-10-16)23-22(28)30-14-17-11-7-4-8-12-17/h3-12,15,18-19,25H,13-14H2,1-2H3,(H,23,28)(H,24,26)/t15-,18+,19+/m1/s1. The summed E-state index contributed by atoms with van der Waals surface area (Å²) in [7, 11) is 1.16. The van der Waals surface area contributed by atoms with Crippen LogP contribution in [0.4, 0.5) is 4.79 Å². The van der Waals surface area contributed by atoms with Gasteiger partial charge in [-0.15, -0.1) is 0 Å². The Balaban J connectivity index is 2.08. The van der Waals surface area contributed by atoms with Crippen LogP contribution in [0, 0.1) is 0 Å². The molecule has 0 saturated heterocycles. The zero-order valence-electron chi connectivity index (χ0n) is 16.9. The predicted octanol–water partition coefficient (Wildman–Crippen LogP) is 1.56. The average Bonchev–Trinajstić information content (AvgIpc) is 2.76. The summed E-state index contributed by atoms with van der Waals surface area (Å²) in [6.45, 7) is 1.40. The smallest absolute Gasteiger partial charge is 0.408 e. The molecule has 0 aliphatic carbocycles. The van der Waals surface area contributed by atoms with Crippen molar-refractivity contribution in [2.24, 2.45) is 0 Å². The Bertz CT molecular complexity index is 826. The van der Waals surface area contributed by atoms with Gasteiger partial charge in [-0.3, -0.25) is 4.79 Å². The molecule has 2 aromatic carbocycles. The highest BCUT2D eigenvalue weighted by molar-refractivity contribution is 5.90. The minimum Gasteiger partial charge on any atom is -0.467 e. The maximum absolute atomic E-state index is 12.8. The summed E-state index contributed by atoms with van der Waals surface area (Å²) < 4.78 is 9.81. The van der Waals surface area contributed by atoms with Crippen LogP contribution in [0.1, 0.15) is 18.1 Å². The summed E-state index contributed by atoms with van der Waals surface area (Å²) in [6, 6.07) is 15.9. The van der Waals surface area contributed by atoms with Gasteiger partial charge < -0.3 is 25.2 Å². The van der Waals surface area contributed by atoms with Crippen molar-refractivity contribution >= 4 is 18.0 Å². The maximum Gasteiger partial charge on any atom is 0.408 e. The van der Waals surface area contributed by atoms with Crippen molar-refractivity contribution < 1.29 is 29.0 Å². The number of rotatable bonds is 9. The molecule has 0 heterocycles. The van der Waals surface area contributed by atoms with E-state index in [0.717, 1.165) is 18.2 Å². The monoisotopic (exact) mass is 414 g/mol. The number of hydrogen-bond acceptors (Lipinski definition) is 6. The second kappa shape index (κ2) is 11.6. The number of methoxy groups -OCH3 is 1. The number of carbonyl (C=O) groups excluding carboxylic acids is 3. The third-order valence-corrected chi connectivity index (χ3v) is 4.34. The average molecular weight is 414 g/mol. The van der Waals surface area contributed by atoms with Crippen LogP contribution in [-0.2, 0) is 32.1 Å². The number of nitrogens with one attached hydrogen (secondary N) is 2. The molecule has 2 amide bonds. The number of alkyl carbamates (subject to hydrolysis) is 1. The number of ether oxygens (including phenoxy) is 2. The first-order valence-electron chi connectivity index (χ1n) is 9.48. The van der Waals surface area contributed by atoms with E-state index < -0.39 is 36.2 Å². The van der Waals surface area contributed by atoms with Gasteiger partial charge in [0.1, 0.15) is 12.6 Å². The molecule has 0 fully saturated rings. The highest BCUT2D eigenvalue weighted by Gasteiger charge is 2.30. The van der Waals surface area contributed by atoms with Crippen molar-refractivity contribution in [3.8, 4) is 0 Å². The molecule has 160 valence electrons. The lowest BCUT2D eigenvalue weighted by Gasteiger charge is -2.23. The van der Waals surface area contributed by atoms with Gasteiger partial charge in [0.05, 0.1) is 13.2 Å². The minimum absolute atomic E-state index is 0.0464. The molecule has 2 aromatic rings. The predicted molar refractivity (Wildman–Crippen MR) is 109 cm³/mol. The molecule has 0 aliphatic heterocycles. The highest BCUT2D eigenvalue weighted by atomic mass is 16.5. The molecule has 0 radical (unpaired) electrons. The first kappa shape index (κ1) is 22.9. The second-order valence-corrected chi connectivity index (χ2v) is 6.70. The Morgan fingerprint density at radius 3 is 2.03 bits per heavy atom. The normalized spacial score (nSPS) is 13.4. The van der Waals surface area contributed by atoms with Crippen LogP contribution >= 0.6 is 0 Å². The Kier molecular flexibility index (Phi) is 8.83. The SMILES string of the molecule is COC(=O)[C@@H](NC(=O)[C@H](Cc1ccccc1)NC(=O)OCc1ccccc1)[C@@H](C)O. The van der Waals surface area contributed by atoms with E-state index in [0.29, 0.717) is 0 Å². The van der Waals surface area contributed by atoms with Gasteiger partial charge in [0, 0.05) is 6.42 Å². The molecule has 0 spiro atoms. The van der Waals surface area contributed by atoms with Crippen molar-refractivity contribution in [3.63, 3.8) is 0 Å². The Hall–Kier alpha value is -3.39. The van der Waals surface area contributed by atoms with Gasteiger partial charge in [-0.2, -0.15) is 0 Å². The van der Waals surface area contributed by atoms with Crippen LogP contribution in [0.2, 0.25) is 0 Å². The molecule has 0 bridgehead atoms. The molecule has 3 N–H and O–H groups in total. The number of aliphatic hydroxyl groups is 1. The van der Waals surface area contributed by atoms with Crippen LogP contribution in [0.3, 0.4) is 0 Å². The van der Waals surface area contributed by atoms with Crippen molar-refractivity contribution in [2.75, 3.05) is 7.11 Å². The van der Waals surface area contributed by atoms with E-state index in [2.05, 4.69) is 15.4 Å². The molecular formula is C22H26N2O6. The minimum atomic E-state index is -1.26. The summed E-state index contributed by atoms with van der Waals surface area (Å²) in [4.78, 5) is 36.9. The van der Waals surface area contributed by atoms with E-state index in [1.165, 1.54) is 6.92 Å². The summed E-state index contributed by atoms with van der Waals surface area (Å²) >= 11 is 0. The fraction of sp³-hybridized carbons (Fsp3) is 0.318. The van der Waals surface area contributed by atoms with Gasteiger partial charge in [-0.05, 0) is 18.1 Å². The van der Waals surface area contributed by atoms with E-state index in [1.807, 2.05) is 60.7 Å². The lowest BCUT2D eigenvalue weighted by atomic mass is 10.0. The fourth-order valence-corrected chi connectivity index (χ4v) is 2.72. The van der Waals surface area contributed by atoms with Crippen molar-refractivity contribution in [2.45, 2.75) is 38.1 Å². The van der Waals surface area contributed by atoms with E-state index in [-0.39, 0.29) is 13.0 Å². The highest BCUT2D eigenvalue weighted by Crippen LogP contribution is 2.07. The molecule has 8 nitrogen and oxygen atoms in total. The van der Waals surface area contributed by atoms with Gasteiger partial charge in [0.25, 0.3) is 0 Å². The topological polar surface area (TPSA) is 114 Å². The molecular weight excluding hydrogens is 388 g/mol. The number of aliphatic hydroxyl groups excluding tert-OH is 1. The van der Waals surface area contributed by atoms with E-state index in [4.69, 9.17) is 4.74 Å². The van der Waals surface area contributed by atoms with Gasteiger partial charge in [0.15, 0.2) is 6.04 Å². The van der Waals surface area contributed by atoms with Crippen molar-refractivity contribution in [3.05, 3.63) is 71.8 Å². The fourth-order valence-electron chi connectivity index (χ4n) is 2.72. The largest absolute Gasteiger partial charge is 0.467 e. The summed E-state index contributed by atoms with van der Waals surface area (Å²) in [5.74, 6) is -1.43. The molecule has 8 heteroatoms. The lowest BCUT2D eigenvalue weighted by molar-refractivity contribution is -0.148. The molecule has 0 unspecified atom stereocenters. The summed E-state index contributed by atoms with van der Waals surface area (Å²) in [5.41, 5.74) is 1.60. The van der Waals surface area contributed by atoms with E-state index in [1.54, 1.807) is 0 Å². The number of amides is 2. The van der Waals surface area contributed by atoms with Crippen molar-refractivity contribution in [1.29, 1.82) is 0 Å². The molecule has 0 aliphatic rings. The Morgan fingerprint density at radius 2 is 1.50 bits per heavy atom. The van der Waals surface area contributed by atoms with Crippen LogP contribution in [0.15, 0.2) is 60.7 Å². The van der Waals surface area contributed by atoms with Gasteiger partial charge >= 0.3 is 12.1 Å². The first-order valence-corrected chi connectivity index (χ1v) is 9.48. The number of esters is 1. The molecule has 2 rings (SSSR count). The third-order valence-electron chi connectivity index (χ3n) is 4.34. The second-order valence-electron chi connectivity index (χ2n) is 6.70. The van der Waals surface area contributed by atoms with Gasteiger partial charge in [-0.1, -0.05) is 60.7 Å². The lowest BCUT2D eigenvalue weighted by Crippen LogP contribution is -2.55. The summed E-state index contributed by atoms with van der Waals surface area (Å²) in [6.07, 6.45) is -1.79. The van der Waals surface area contributed by atoms with Gasteiger partial charge in [0.2, 0.25) is 5.91 Å². The van der Waals surface area contributed by atoms with Gasteiger partial charge in [-0.25, -0.2) is 9.59 Å². The molecule has 3 atom stereocenters. The Morgan fingerprint density at radius 1 is 0.933 bits per heavy atom. The van der Waals surface area contributed by atoms with Crippen LogP contribution < -0.4 is 10.6 Å². The van der Waals surface area contributed by atoms with Crippen molar-refractivity contribution in [1.82, 2.24) is 10.6 Å². The summed E-state index contributed by atoms with van der Waals surface area (Å²) in [5, 5.41) is 14.8. The third kappa shape index (κ3) is 7.21. The van der Waals surface area contributed by atoms with Crippen LogP contribution in [-0.4, -0.2) is 48.4 Å². The molecule has 30 heavy (non-hydrogen) atoms. The first-order chi connectivity index (χ1) is 14.4. The zero-order chi connectivity index (χ0) is 21.9. The van der Waals surface area contributed by atoms with Crippen LogP contribution in [0.25, 0.3) is 0 Å². The van der Waals surface area contributed by atoms with Crippen LogP contribution in [0.5, 0.6) is 0 Å². The quantitative estimate of drug-likeness (QED) is 0.537. The molecule has 0 saturated carbocycles. The van der Waals surface area contributed by atoms with E-state index in [9.17, 15) is 19.5 Å². The number of benzene rings is 2. The Labute approximate surface area is 175 Å². The molecule has 0 aromatic heterocycles. The van der Waals surface area contributed by atoms with E-state index >= 15 is 0 Å².